The highest BCUT2D eigenvalue weighted by atomic mass is 79.9. The van der Waals surface area contributed by atoms with Crippen LogP contribution in [0.1, 0.15) is 23.2 Å². The lowest BCUT2D eigenvalue weighted by atomic mass is 9.81. The van der Waals surface area contributed by atoms with E-state index in [2.05, 4.69) is 31.9 Å². The number of rotatable bonds is 3. The van der Waals surface area contributed by atoms with Gasteiger partial charge in [-0.3, -0.25) is 14.5 Å². The molecule has 1 heterocycles. The highest BCUT2D eigenvalue weighted by Crippen LogP contribution is 2.44. The van der Waals surface area contributed by atoms with Gasteiger partial charge >= 0.3 is 5.97 Å². The molecule has 2 aromatic carbocycles. The van der Waals surface area contributed by atoms with Gasteiger partial charge in [-0.25, -0.2) is 4.79 Å². The first-order valence-corrected chi connectivity index (χ1v) is 10.8. The minimum Gasteiger partial charge on any atom is -0.423 e. The van der Waals surface area contributed by atoms with E-state index in [1.807, 2.05) is 6.07 Å². The summed E-state index contributed by atoms with van der Waals surface area (Å²) in [6.07, 6.45) is 1.27. The minimum atomic E-state index is -0.459. The third kappa shape index (κ3) is 3.53. The predicted octanol–water partition coefficient (Wildman–Crippen LogP) is 4.33. The number of imide groups is 1. The first-order chi connectivity index (χ1) is 13.5. The molecule has 0 spiro atoms. The van der Waals surface area contributed by atoms with Crippen LogP contribution in [0.5, 0.6) is 5.75 Å². The standard InChI is InChI=1S/C21H17Br2NO4/c22-17-10-15-16(11-18(17)23)20(26)24(19(15)25)13-6-8-14(9-7-13)28-21(27)12-4-2-1-3-5-12/h1-9,15-18H,10-11H2/t15-,16+,17-,18-/m0/s1. The number of hydrogen-bond acceptors (Lipinski definition) is 4. The van der Waals surface area contributed by atoms with Crippen LogP contribution in [-0.4, -0.2) is 27.4 Å². The summed E-state index contributed by atoms with van der Waals surface area (Å²) in [6.45, 7) is 0. The molecule has 2 fully saturated rings. The van der Waals surface area contributed by atoms with Crippen LogP contribution in [0.15, 0.2) is 54.6 Å². The Morgan fingerprint density at radius 1 is 0.857 bits per heavy atom. The van der Waals surface area contributed by atoms with Crippen LogP contribution in [0.2, 0.25) is 0 Å². The molecular weight excluding hydrogens is 490 g/mol. The molecule has 2 aromatic rings. The summed E-state index contributed by atoms with van der Waals surface area (Å²) in [5.41, 5.74) is 0.954. The third-order valence-electron chi connectivity index (χ3n) is 5.23. The lowest BCUT2D eigenvalue weighted by Crippen LogP contribution is -2.34. The van der Waals surface area contributed by atoms with E-state index in [0.717, 1.165) is 0 Å². The van der Waals surface area contributed by atoms with Crippen LogP contribution in [0, 0.1) is 11.8 Å². The van der Waals surface area contributed by atoms with Crippen molar-refractivity contribution in [2.75, 3.05) is 4.90 Å². The van der Waals surface area contributed by atoms with Crippen molar-refractivity contribution in [3.05, 3.63) is 60.2 Å². The molecule has 0 aromatic heterocycles. The van der Waals surface area contributed by atoms with Gasteiger partial charge in [0.2, 0.25) is 11.8 Å². The summed E-state index contributed by atoms with van der Waals surface area (Å²) in [5.74, 6) is -1.00. The third-order valence-corrected chi connectivity index (χ3v) is 7.96. The van der Waals surface area contributed by atoms with Crippen molar-refractivity contribution in [1.82, 2.24) is 0 Å². The normalized spacial score (nSPS) is 26.9. The maximum Gasteiger partial charge on any atom is 0.343 e. The number of esters is 1. The molecule has 1 aliphatic heterocycles. The molecule has 4 rings (SSSR count). The van der Waals surface area contributed by atoms with Crippen molar-refractivity contribution in [2.45, 2.75) is 22.5 Å². The molecule has 1 saturated carbocycles. The van der Waals surface area contributed by atoms with E-state index in [0.29, 0.717) is 29.8 Å². The zero-order valence-corrected chi connectivity index (χ0v) is 17.9. The monoisotopic (exact) mass is 505 g/mol. The van der Waals surface area contributed by atoms with Gasteiger partial charge in [-0.2, -0.15) is 0 Å². The summed E-state index contributed by atoms with van der Waals surface area (Å²) < 4.78 is 5.35. The largest absolute Gasteiger partial charge is 0.423 e. The number of hydrogen-bond donors (Lipinski definition) is 0. The molecule has 1 aliphatic carbocycles. The summed E-state index contributed by atoms with van der Waals surface area (Å²) in [7, 11) is 0. The zero-order chi connectivity index (χ0) is 19.8. The molecule has 0 radical (unpaired) electrons. The van der Waals surface area contributed by atoms with Crippen molar-refractivity contribution in [3.63, 3.8) is 0 Å². The lowest BCUT2D eigenvalue weighted by Gasteiger charge is -2.29. The van der Waals surface area contributed by atoms with Gasteiger partial charge in [0.1, 0.15) is 5.75 Å². The number of benzene rings is 2. The van der Waals surface area contributed by atoms with Crippen LogP contribution in [-0.2, 0) is 9.59 Å². The van der Waals surface area contributed by atoms with E-state index in [9.17, 15) is 14.4 Å². The van der Waals surface area contributed by atoms with Crippen molar-refractivity contribution in [1.29, 1.82) is 0 Å². The number of fused-ring (bicyclic) bond motifs is 1. The summed E-state index contributed by atoms with van der Waals surface area (Å²) >= 11 is 7.18. The van der Waals surface area contributed by atoms with Gasteiger partial charge in [-0.1, -0.05) is 50.1 Å². The lowest BCUT2D eigenvalue weighted by molar-refractivity contribution is -0.122. The SMILES string of the molecule is O=C(Oc1ccc(N2C(=O)[C@H]3C[C@H](Br)[C@@H](Br)C[C@H]3C2=O)cc1)c1ccccc1. The number of anilines is 1. The number of carbonyl (C=O) groups is 3. The predicted molar refractivity (Wildman–Crippen MR) is 112 cm³/mol. The fraction of sp³-hybridized carbons (Fsp3) is 0.286. The van der Waals surface area contributed by atoms with Crippen molar-refractivity contribution in [2.24, 2.45) is 11.8 Å². The molecular formula is C21H17Br2NO4. The van der Waals surface area contributed by atoms with Gasteiger partial charge in [0.25, 0.3) is 0 Å². The Morgan fingerprint density at radius 3 is 1.93 bits per heavy atom. The van der Waals surface area contributed by atoms with E-state index in [4.69, 9.17) is 4.74 Å². The molecule has 144 valence electrons. The average molecular weight is 507 g/mol. The fourth-order valence-corrected chi connectivity index (χ4v) is 4.99. The Hall–Kier alpha value is -1.99. The second kappa shape index (κ2) is 7.79. The van der Waals surface area contributed by atoms with Crippen LogP contribution in [0.3, 0.4) is 0 Å². The molecule has 5 nitrogen and oxygen atoms in total. The number of halogens is 2. The summed E-state index contributed by atoms with van der Waals surface area (Å²) in [5, 5.41) is 0. The van der Waals surface area contributed by atoms with Crippen molar-refractivity contribution < 1.29 is 19.1 Å². The molecule has 0 N–H and O–H groups in total. The highest BCUT2D eigenvalue weighted by molar-refractivity contribution is 9.12. The van der Waals surface area contributed by atoms with E-state index >= 15 is 0 Å². The summed E-state index contributed by atoms with van der Waals surface area (Å²) in [4.78, 5) is 39.4. The quantitative estimate of drug-likeness (QED) is 0.269. The van der Waals surface area contributed by atoms with Crippen LogP contribution >= 0.6 is 31.9 Å². The smallest absolute Gasteiger partial charge is 0.343 e. The zero-order valence-electron chi connectivity index (χ0n) is 14.8. The molecule has 2 amide bonds. The minimum absolute atomic E-state index is 0.159. The van der Waals surface area contributed by atoms with Gasteiger partial charge in [0.15, 0.2) is 0 Å². The van der Waals surface area contributed by atoms with Crippen molar-refractivity contribution >= 4 is 55.3 Å². The van der Waals surface area contributed by atoms with Crippen LogP contribution in [0.4, 0.5) is 5.69 Å². The van der Waals surface area contributed by atoms with E-state index in [1.54, 1.807) is 48.5 Å². The van der Waals surface area contributed by atoms with E-state index < -0.39 is 5.97 Å². The maximum absolute atomic E-state index is 12.8. The molecule has 28 heavy (non-hydrogen) atoms. The second-order valence-corrected chi connectivity index (χ2v) is 9.33. The summed E-state index contributed by atoms with van der Waals surface area (Å²) in [6, 6.07) is 15.2. The highest BCUT2D eigenvalue weighted by Gasteiger charge is 2.52. The molecule has 0 bridgehead atoms. The average Bonchev–Trinajstić information content (AvgIpc) is 2.94. The van der Waals surface area contributed by atoms with Crippen LogP contribution < -0.4 is 9.64 Å². The first kappa shape index (κ1) is 19.3. The van der Waals surface area contributed by atoms with Gasteiger partial charge < -0.3 is 4.74 Å². The molecule has 0 unspecified atom stereocenters. The van der Waals surface area contributed by atoms with E-state index in [1.165, 1.54) is 4.90 Å². The topological polar surface area (TPSA) is 63.7 Å². The molecule has 4 atom stereocenters. The maximum atomic E-state index is 12.8. The van der Waals surface area contributed by atoms with Gasteiger partial charge in [0.05, 0.1) is 23.1 Å². The van der Waals surface area contributed by atoms with Crippen molar-refractivity contribution in [3.8, 4) is 5.75 Å². The Bertz CT molecular complexity index is 888. The second-order valence-electron chi connectivity index (χ2n) is 6.98. The Morgan fingerprint density at radius 2 is 1.39 bits per heavy atom. The number of amides is 2. The first-order valence-electron chi connectivity index (χ1n) is 8.99. The number of nitrogens with zero attached hydrogens (tertiary/aromatic N) is 1. The molecule has 2 aliphatic rings. The van der Waals surface area contributed by atoms with Gasteiger partial charge in [0, 0.05) is 9.65 Å². The van der Waals surface area contributed by atoms with E-state index in [-0.39, 0.29) is 33.3 Å². The Balaban J connectivity index is 1.50. The number of carbonyl (C=O) groups excluding carboxylic acids is 3. The van der Waals surface area contributed by atoms with Gasteiger partial charge in [-0.15, -0.1) is 0 Å². The van der Waals surface area contributed by atoms with Gasteiger partial charge in [-0.05, 0) is 49.2 Å². The fourth-order valence-electron chi connectivity index (χ4n) is 3.75. The molecule has 7 heteroatoms. The van der Waals surface area contributed by atoms with Crippen LogP contribution in [0.25, 0.3) is 0 Å². The number of alkyl halides is 2. The number of ether oxygens (including phenoxy) is 1. The Kier molecular flexibility index (Phi) is 5.38. The Labute approximate surface area is 179 Å². The molecule has 1 saturated heterocycles.